The summed E-state index contributed by atoms with van der Waals surface area (Å²) in [5, 5.41) is 21.5. The van der Waals surface area contributed by atoms with E-state index in [1.54, 1.807) is 24.3 Å². The van der Waals surface area contributed by atoms with Crippen LogP contribution in [0.5, 0.6) is 0 Å². The summed E-state index contributed by atoms with van der Waals surface area (Å²) in [4.78, 5) is 10.9. The minimum atomic E-state index is -1.00. The summed E-state index contributed by atoms with van der Waals surface area (Å²) in [6.07, 6.45) is 0. The second-order valence-corrected chi connectivity index (χ2v) is 5.22. The molecule has 0 spiro atoms. The van der Waals surface area contributed by atoms with Gasteiger partial charge in [-0.05, 0) is 52.3 Å². The zero-order valence-electron chi connectivity index (χ0n) is 10.0. The molecule has 0 bridgehead atoms. The maximum absolute atomic E-state index is 10.9. The minimum absolute atomic E-state index is 0.175. The fourth-order valence-corrected chi connectivity index (χ4v) is 2.26. The molecule has 2 rings (SSSR count). The first-order valence-electron chi connectivity index (χ1n) is 5.51. The molecule has 2 N–H and O–H groups in total. The molecular weight excluding hydrogens is 344 g/mol. The molecule has 0 aliphatic heterocycles. The van der Waals surface area contributed by atoms with Gasteiger partial charge in [0.05, 0.1) is 22.5 Å². The van der Waals surface area contributed by atoms with Gasteiger partial charge >= 0.3 is 5.97 Å². The van der Waals surface area contributed by atoms with E-state index in [0.29, 0.717) is 26.4 Å². The van der Waals surface area contributed by atoms with Crippen LogP contribution in [0.2, 0.25) is 5.02 Å². The van der Waals surface area contributed by atoms with Crippen LogP contribution in [-0.4, -0.2) is 11.1 Å². The molecule has 4 nitrogen and oxygen atoms in total. The molecular formula is C14H8BrClN2O2. The van der Waals surface area contributed by atoms with E-state index in [2.05, 4.69) is 27.3 Å². The van der Waals surface area contributed by atoms with Crippen molar-refractivity contribution in [1.82, 2.24) is 0 Å². The average Bonchev–Trinajstić information content (AvgIpc) is 2.41. The summed E-state index contributed by atoms with van der Waals surface area (Å²) < 4.78 is 0.585. The highest BCUT2D eigenvalue weighted by molar-refractivity contribution is 9.10. The van der Waals surface area contributed by atoms with Gasteiger partial charge in [0.15, 0.2) is 0 Å². The average molecular weight is 352 g/mol. The third-order valence-corrected chi connectivity index (χ3v) is 3.48. The molecule has 0 saturated carbocycles. The third-order valence-electron chi connectivity index (χ3n) is 2.59. The third kappa shape index (κ3) is 3.10. The number of rotatable bonds is 3. The Labute approximate surface area is 128 Å². The van der Waals surface area contributed by atoms with E-state index in [4.69, 9.17) is 22.0 Å². The van der Waals surface area contributed by atoms with Gasteiger partial charge < -0.3 is 10.4 Å². The van der Waals surface area contributed by atoms with E-state index in [1.807, 2.05) is 0 Å². The van der Waals surface area contributed by atoms with Crippen molar-refractivity contribution in [3.8, 4) is 6.07 Å². The molecule has 100 valence electrons. The van der Waals surface area contributed by atoms with Crippen molar-refractivity contribution < 1.29 is 9.90 Å². The summed E-state index contributed by atoms with van der Waals surface area (Å²) in [7, 11) is 0. The van der Waals surface area contributed by atoms with Gasteiger partial charge in [-0.1, -0.05) is 11.6 Å². The van der Waals surface area contributed by atoms with Gasteiger partial charge in [-0.15, -0.1) is 0 Å². The molecule has 20 heavy (non-hydrogen) atoms. The monoisotopic (exact) mass is 350 g/mol. The highest BCUT2D eigenvalue weighted by Crippen LogP contribution is 2.29. The lowest BCUT2D eigenvalue weighted by Gasteiger charge is -2.11. The van der Waals surface area contributed by atoms with Crippen molar-refractivity contribution in [2.75, 3.05) is 5.32 Å². The molecule has 0 atom stereocenters. The van der Waals surface area contributed by atoms with Crippen LogP contribution in [0, 0.1) is 11.3 Å². The fourth-order valence-electron chi connectivity index (χ4n) is 1.61. The van der Waals surface area contributed by atoms with Crippen LogP contribution in [0.3, 0.4) is 0 Å². The van der Waals surface area contributed by atoms with E-state index < -0.39 is 5.97 Å². The fraction of sp³-hybridized carbons (Fsp3) is 0. The molecule has 0 heterocycles. The number of carboxylic acid groups (broad SMARTS) is 1. The summed E-state index contributed by atoms with van der Waals surface area (Å²) in [5.41, 5.74) is 1.83. The van der Waals surface area contributed by atoms with Crippen molar-refractivity contribution in [3.63, 3.8) is 0 Å². The van der Waals surface area contributed by atoms with Crippen LogP contribution in [0.15, 0.2) is 40.9 Å². The van der Waals surface area contributed by atoms with Gasteiger partial charge in [-0.25, -0.2) is 4.79 Å². The topological polar surface area (TPSA) is 73.1 Å². The molecule has 0 aliphatic rings. The Morgan fingerprint density at radius 1 is 1.25 bits per heavy atom. The van der Waals surface area contributed by atoms with E-state index in [-0.39, 0.29) is 5.56 Å². The standard InChI is InChI=1S/C14H8BrClN2O2/c15-11-5-8(14(19)20)2-4-12(11)18-13-6-10(16)3-1-9(13)7-17/h1-6,18H,(H,19,20). The molecule has 2 aromatic rings. The van der Waals surface area contributed by atoms with Crippen LogP contribution in [-0.2, 0) is 0 Å². The number of nitrogens with one attached hydrogen (secondary N) is 1. The molecule has 0 aromatic heterocycles. The SMILES string of the molecule is N#Cc1ccc(Cl)cc1Nc1ccc(C(=O)O)cc1Br. The van der Waals surface area contributed by atoms with Crippen LogP contribution in [0.4, 0.5) is 11.4 Å². The number of benzene rings is 2. The Hall–Kier alpha value is -2.03. The highest BCUT2D eigenvalue weighted by Gasteiger charge is 2.09. The highest BCUT2D eigenvalue weighted by atomic mass is 79.9. The molecule has 0 saturated heterocycles. The Morgan fingerprint density at radius 2 is 2.00 bits per heavy atom. The smallest absolute Gasteiger partial charge is 0.335 e. The number of carbonyl (C=O) groups is 1. The van der Waals surface area contributed by atoms with Crippen LogP contribution in [0.1, 0.15) is 15.9 Å². The summed E-state index contributed by atoms with van der Waals surface area (Å²) in [6.45, 7) is 0. The van der Waals surface area contributed by atoms with Crippen molar-refractivity contribution in [1.29, 1.82) is 5.26 Å². The largest absolute Gasteiger partial charge is 0.478 e. The Kier molecular flexibility index (Phi) is 4.28. The van der Waals surface area contributed by atoms with Gasteiger partial charge in [0, 0.05) is 9.50 Å². The zero-order valence-corrected chi connectivity index (χ0v) is 12.4. The van der Waals surface area contributed by atoms with Gasteiger partial charge in [0.2, 0.25) is 0 Å². The number of carboxylic acids is 1. The second kappa shape index (κ2) is 5.95. The summed E-state index contributed by atoms with van der Waals surface area (Å²) in [6, 6.07) is 11.5. The quantitative estimate of drug-likeness (QED) is 0.858. The minimum Gasteiger partial charge on any atom is -0.478 e. The Morgan fingerprint density at radius 3 is 2.60 bits per heavy atom. The first kappa shape index (κ1) is 14.4. The van der Waals surface area contributed by atoms with Gasteiger partial charge in [0.1, 0.15) is 6.07 Å². The van der Waals surface area contributed by atoms with Crippen LogP contribution < -0.4 is 5.32 Å². The van der Waals surface area contributed by atoms with Crippen LogP contribution >= 0.6 is 27.5 Å². The normalized spacial score (nSPS) is 9.85. The van der Waals surface area contributed by atoms with Crippen molar-refractivity contribution >= 4 is 44.9 Å². The lowest BCUT2D eigenvalue weighted by Crippen LogP contribution is -1.99. The van der Waals surface area contributed by atoms with Gasteiger partial charge in [-0.3, -0.25) is 0 Å². The number of hydrogen-bond acceptors (Lipinski definition) is 3. The number of halogens is 2. The molecule has 0 aliphatic carbocycles. The maximum atomic E-state index is 10.9. The van der Waals surface area contributed by atoms with E-state index in [9.17, 15) is 4.79 Å². The molecule has 0 amide bonds. The summed E-state index contributed by atoms with van der Waals surface area (Å²) in [5.74, 6) is -1.00. The molecule has 0 fully saturated rings. The molecule has 6 heteroatoms. The predicted octanol–water partition coefficient (Wildman–Crippen LogP) is 4.42. The maximum Gasteiger partial charge on any atom is 0.335 e. The summed E-state index contributed by atoms with van der Waals surface area (Å²) >= 11 is 9.20. The Bertz CT molecular complexity index is 726. The molecule has 2 aromatic carbocycles. The predicted molar refractivity (Wildman–Crippen MR) is 80.6 cm³/mol. The number of nitrogens with zero attached hydrogens (tertiary/aromatic N) is 1. The number of hydrogen-bond donors (Lipinski definition) is 2. The van der Waals surface area contributed by atoms with Crippen LogP contribution in [0.25, 0.3) is 0 Å². The van der Waals surface area contributed by atoms with Crippen molar-refractivity contribution in [2.24, 2.45) is 0 Å². The number of nitriles is 1. The number of aromatic carboxylic acids is 1. The molecule has 0 unspecified atom stereocenters. The van der Waals surface area contributed by atoms with Crippen molar-refractivity contribution in [3.05, 3.63) is 57.0 Å². The number of anilines is 2. The Balaban J connectivity index is 2.38. The van der Waals surface area contributed by atoms with E-state index >= 15 is 0 Å². The first-order chi connectivity index (χ1) is 9.51. The van der Waals surface area contributed by atoms with Gasteiger partial charge in [0.25, 0.3) is 0 Å². The first-order valence-corrected chi connectivity index (χ1v) is 6.68. The van der Waals surface area contributed by atoms with Crippen molar-refractivity contribution in [2.45, 2.75) is 0 Å². The zero-order chi connectivity index (χ0) is 14.7. The molecule has 0 radical (unpaired) electrons. The van der Waals surface area contributed by atoms with E-state index in [1.165, 1.54) is 12.1 Å². The lowest BCUT2D eigenvalue weighted by molar-refractivity contribution is 0.0697. The van der Waals surface area contributed by atoms with E-state index in [0.717, 1.165) is 0 Å². The lowest BCUT2D eigenvalue weighted by atomic mass is 10.1. The van der Waals surface area contributed by atoms with Gasteiger partial charge in [-0.2, -0.15) is 5.26 Å². The second-order valence-electron chi connectivity index (χ2n) is 3.93.